The van der Waals surface area contributed by atoms with E-state index >= 15 is 0 Å². The maximum absolute atomic E-state index is 13.5. The summed E-state index contributed by atoms with van der Waals surface area (Å²) in [4.78, 5) is 19.6. The summed E-state index contributed by atoms with van der Waals surface area (Å²) in [5.41, 5.74) is 0.0546. The van der Waals surface area contributed by atoms with Gasteiger partial charge in [-0.15, -0.1) is 0 Å². The minimum Gasteiger partial charge on any atom is -0.338 e. The first-order chi connectivity index (χ1) is 8.59. The van der Waals surface area contributed by atoms with E-state index in [0.717, 1.165) is 25.9 Å². The van der Waals surface area contributed by atoms with Crippen LogP contribution >= 0.6 is 0 Å². The van der Waals surface area contributed by atoms with Gasteiger partial charge in [-0.25, -0.2) is 4.98 Å². The molecule has 4 nitrogen and oxygen atoms in total. The molecule has 2 heterocycles. The number of hydrogen-bond donors (Lipinski definition) is 0. The van der Waals surface area contributed by atoms with Gasteiger partial charge < -0.3 is 9.80 Å². The van der Waals surface area contributed by atoms with E-state index in [0.29, 0.717) is 0 Å². The van der Waals surface area contributed by atoms with Crippen LogP contribution in [-0.2, 0) is 0 Å². The summed E-state index contributed by atoms with van der Waals surface area (Å²) in [6, 6.07) is 3.25. The normalized spacial score (nSPS) is 17.7. The highest BCUT2D eigenvalue weighted by molar-refractivity contribution is 5.94. The van der Waals surface area contributed by atoms with Gasteiger partial charge in [0.05, 0.1) is 5.56 Å². The van der Waals surface area contributed by atoms with Crippen LogP contribution in [0, 0.1) is 5.95 Å². The molecule has 1 saturated heterocycles. The standard InChI is InChI=1S/C13H18FN3O/c1-16-8-5-10(6-9-16)17(2)13(18)11-4-3-7-15-12(11)14/h3-4,7,10H,5-6,8-9H2,1-2H3. The first kappa shape index (κ1) is 13.0. The lowest BCUT2D eigenvalue weighted by molar-refractivity contribution is 0.0654. The highest BCUT2D eigenvalue weighted by atomic mass is 19.1. The zero-order chi connectivity index (χ0) is 13.1. The Kier molecular flexibility index (Phi) is 3.91. The molecule has 1 amide bonds. The monoisotopic (exact) mass is 251 g/mol. The molecular weight excluding hydrogens is 233 g/mol. The average Bonchev–Trinajstić information content (AvgIpc) is 2.38. The molecule has 1 aliphatic heterocycles. The Morgan fingerprint density at radius 2 is 2.17 bits per heavy atom. The van der Waals surface area contributed by atoms with Gasteiger partial charge in [0.25, 0.3) is 5.91 Å². The number of halogens is 1. The molecule has 0 aromatic carbocycles. The summed E-state index contributed by atoms with van der Waals surface area (Å²) in [7, 11) is 3.81. The number of carbonyl (C=O) groups excluding carboxylic acids is 1. The molecule has 0 unspecified atom stereocenters. The van der Waals surface area contributed by atoms with Crippen molar-refractivity contribution in [3.63, 3.8) is 0 Å². The van der Waals surface area contributed by atoms with E-state index < -0.39 is 5.95 Å². The van der Waals surface area contributed by atoms with Gasteiger partial charge in [0.15, 0.2) is 0 Å². The molecule has 0 atom stereocenters. The van der Waals surface area contributed by atoms with Gasteiger partial charge in [-0.2, -0.15) is 4.39 Å². The van der Waals surface area contributed by atoms with Crippen LogP contribution in [0.2, 0.25) is 0 Å². The van der Waals surface area contributed by atoms with E-state index in [-0.39, 0.29) is 17.5 Å². The van der Waals surface area contributed by atoms with Crippen molar-refractivity contribution in [2.75, 3.05) is 27.2 Å². The topological polar surface area (TPSA) is 36.4 Å². The van der Waals surface area contributed by atoms with E-state index in [1.807, 2.05) is 0 Å². The number of hydrogen-bond acceptors (Lipinski definition) is 3. The number of piperidine rings is 1. The summed E-state index contributed by atoms with van der Waals surface area (Å²) in [6.45, 7) is 1.94. The molecular formula is C13H18FN3O. The number of pyridine rings is 1. The second-order valence-corrected chi connectivity index (χ2v) is 4.79. The Morgan fingerprint density at radius 3 is 2.78 bits per heavy atom. The fourth-order valence-electron chi connectivity index (χ4n) is 2.28. The minimum atomic E-state index is -0.692. The van der Waals surface area contributed by atoms with Crippen LogP contribution in [0.3, 0.4) is 0 Å². The summed E-state index contributed by atoms with van der Waals surface area (Å²) in [5, 5.41) is 0. The molecule has 98 valence electrons. The van der Waals surface area contributed by atoms with Gasteiger partial charge >= 0.3 is 0 Å². The summed E-state index contributed by atoms with van der Waals surface area (Å²) >= 11 is 0. The quantitative estimate of drug-likeness (QED) is 0.745. The molecule has 0 bridgehead atoms. The summed E-state index contributed by atoms with van der Waals surface area (Å²) in [5.74, 6) is -0.975. The fraction of sp³-hybridized carbons (Fsp3) is 0.538. The van der Waals surface area contributed by atoms with Crippen LogP contribution in [0.1, 0.15) is 23.2 Å². The largest absolute Gasteiger partial charge is 0.338 e. The first-order valence-electron chi connectivity index (χ1n) is 6.16. The highest BCUT2D eigenvalue weighted by Crippen LogP contribution is 2.17. The van der Waals surface area contributed by atoms with Crippen molar-refractivity contribution in [1.82, 2.24) is 14.8 Å². The molecule has 5 heteroatoms. The van der Waals surface area contributed by atoms with Gasteiger partial charge in [0, 0.05) is 19.3 Å². The fourth-order valence-corrected chi connectivity index (χ4v) is 2.28. The van der Waals surface area contributed by atoms with Crippen LogP contribution in [-0.4, -0.2) is 53.9 Å². The maximum Gasteiger partial charge on any atom is 0.258 e. The average molecular weight is 251 g/mol. The van der Waals surface area contributed by atoms with Crippen LogP contribution in [0.25, 0.3) is 0 Å². The number of aromatic nitrogens is 1. The van der Waals surface area contributed by atoms with E-state index in [2.05, 4.69) is 16.9 Å². The highest BCUT2D eigenvalue weighted by Gasteiger charge is 2.26. The van der Waals surface area contributed by atoms with Gasteiger partial charge in [-0.3, -0.25) is 4.79 Å². The molecule has 1 aromatic rings. The number of rotatable bonds is 2. The molecule has 0 spiro atoms. The number of nitrogens with zero attached hydrogens (tertiary/aromatic N) is 3. The van der Waals surface area contributed by atoms with Crippen molar-refractivity contribution in [1.29, 1.82) is 0 Å². The van der Waals surface area contributed by atoms with Crippen molar-refractivity contribution in [3.05, 3.63) is 29.8 Å². The Balaban J connectivity index is 2.07. The third-order valence-electron chi connectivity index (χ3n) is 3.55. The molecule has 18 heavy (non-hydrogen) atoms. The first-order valence-corrected chi connectivity index (χ1v) is 6.16. The minimum absolute atomic E-state index is 0.0546. The number of amides is 1. The second kappa shape index (κ2) is 5.44. The van der Waals surface area contributed by atoms with E-state index in [4.69, 9.17) is 0 Å². The molecule has 1 aromatic heterocycles. The third kappa shape index (κ3) is 2.67. The lowest BCUT2D eigenvalue weighted by Crippen LogP contribution is -2.44. The molecule has 2 rings (SSSR count). The van der Waals surface area contributed by atoms with Crippen molar-refractivity contribution in [2.45, 2.75) is 18.9 Å². The Bertz CT molecular complexity index is 430. The predicted molar refractivity (Wildman–Crippen MR) is 66.8 cm³/mol. The van der Waals surface area contributed by atoms with E-state index in [1.54, 1.807) is 18.0 Å². The number of carbonyl (C=O) groups is 1. The lowest BCUT2D eigenvalue weighted by atomic mass is 10.0. The van der Waals surface area contributed by atoms with Crippen molar-refractivity contribution < 1.29 is 9.18 Å². The molecule has 1 fully saturated rings. The molecule has 0 N–H and O–H groups in total. The van der Waals surface area contributed by atoms with Gasteiger partial charge in [0.2, 0.25) is 5.95 Å². The maximum atomic E-state index is 13.5. The van der Waals surface area contributed by atoms with Gasteiger partial charge in [-0.05, 0) is 45.1 Å². The van der Waals surface area contributed by atoms with Gasteiger partial charge in [-0.1, -0.05) is 0 Å². The Morgan fingerprint density at radius 1 is 1.50 bits per heavy atom. The molecule has 0 aliphatic carbocycles. The van der Waals surface area contributed by atoms with E-state index in [1.165, 1.54) is 12.3 Å². The van der Waals surface area contributed by atoms with Crippen LogP contribution in [0.15, 0.2) is 18.3 Å². The molecule has 0 saturated carbocycles. The van der Waals surface area contributed by atoms with Crippen molar-refractivity contribution in [2.24, 2.45) is 0 Å². The Labute approximate surface area is 106 Å². The van der Waals surface area contributed by atoms with Crippen molar-refractivity contribution in [3.8, 4) is 0 Å². The van der Waals surface area contributed by atoms with Crippen LogP contribution in [0.5, 0.6) is 0 Å². The predicted octanol–water partition coefficient (Wildman–Crippen LogP) is 1.39. The zero-order valence-corrected chi connectivity index (χ0v) is 10.8. The van der Waals surface area contributed by atoms with E-state index in [9.17, 15) is 9.18 Å². The number of likely N-dealkylation sites (tertiary alicyclic amines) is 1. The van der Waals surface area contributed by atoms with Gasteiger partial charge in [0.1, 0.15) is 0 Å². The SMILES string of the molecule is CN1CCC(N(C)C(=O)c2cccnc2F)CC1. The smallest absolute Gasteiger partial charge is 0.258 e. The molecule has 0 radical (unpaired) electrons. The summed E-state index contributed by atoms with van der Waals surface area (Å²) < 4.78 is 13.5. The van der Waals surface area contributed by atoms with Crippen molar-refractivity contribution >= 4 is 5.91 Å². The third-order valence-corrected chi connectivity index (χ3v) is 3.55. The molecule has 1 aliphatic rings. The lowest BCUT2D eigenvalue weighted by Gasteiger charge is -2.35. The zero-order valence-electron chi connectivity index (χ0n) is 10.8. The second-order valence-electron chi connectivity index (χ2n) is 4.79. The Hall–Kier alpha value is -1.49. The van der Waals surface area contributed by atoms with Crippen LogP contribution < -0.4 is 0 Å². The van der Waals surface area contributed by atoms with Crippen LogP contribution in [0.4, 0.5) is 4.39 Å². The summed E-state index contributed by atoms with van der Waals surface area (Å²) in [6.07, 6.45) is 3.21.